The van der Waals surface area contributed by atoms with Crippen molar-refractivity contribution in [1.29, 1.82) is 0 Å². The summed E-state index contributed by atoms with van der Waals surface area (Å²) in [5.74, 6) is 0.497. The standard InChI is InChI=1S/C22H23N3O/c1-5-16-7-6-15(2)20(10-16)18-9-8-17-12-21(23-13-19(17)11-18)24-22(26)14-25(3)4/h5-13H,1,14H2,2-4H3,(H,23,24,26). The zero-order valence-electron chi connectivity index (χ0n) is 15.4. The van der Waals surface area contributed by atoms with Gasteiger partial charge in [-0.25, -0.2) is 4.98 Å². The van der Waals surface area contributed by atoms with Crippen LogP contribution >= 0.6 is 0 Å². The van der Waals surface area contributed by atoms with Crippen molar-refractivity contribution in [3.8, 4) is 11.1 Å². The van der Waals surface area contributed by atoms with E-state index >= 15 is 0 Å². The molecule has 0 atom stereocenters. The molecule has 1 aromatic heterocycles. The molecule has 1 amide bonds. The summed E-state index contributed by atoms with van der Waals surface area (Å²) in [7, 11) is 3.72. The van der Waals surface area contributed by atoms with Crippen LogP contribution in [0.1, 0.15) is 11.1 Å². The van der Waals surface area contributed by atoms with Gasteiger partial charge in [-0.15, -0.1) is 0 Å². The van der Waals surface area contributed by atoms with Crippen molar-refractivity contribution < 1.29 is 4.79 Å². The number of nitrogens with zero attached hydrogens (tertiary/aromatic N) is 2. The predicted octanol–water partition coefficient (Wildman–Crippen LogP) is 4.35. The van der Waals surface area contributed by atoms with Gasteiger partial charge in [-0.05, 0) is 66.9 Å². The maximum atomic E-state index is 11.9. The summed E-state index contributed by atoms with van der Waals surface area (Å²) in [4.78, 5) is 18.1. The van der Waals surface area contributed by atoms with Gasteiger partial charge in [0.25, 0.3) is 0 Å². The highest BCUT2D eigenvalue weighted by Crippen LogP contribution is 2.28. The Morgan fingerprint density at radius 1 is 1.15 bits per heavy atom. The molecule has 3 rings (SSSR count). The Kier molecular flexibility index (Phi) is 5.14. The number of pyridine rings is 1. The lowest BCUT2D eigenvalue weighted by Crippen LogP contribution is -2.27. The van der Waals surface area contributed by atoms with Gasteiger partial charge in [-0.3, -0.25) is 4.79 Å². The van der Waals surface area contributed by atoms with Gasteiger partial charge in [0.05, 0.1) is 6.54 Å². The highest BCUT2D eigenvalue weighted by molar-refractivity contribution is 5.94. The molecule has 0 unspecified atom stereocenters. The Labute approximate surface area is 154 Å². The van der Waals surface area contributed by atoms with E-state index in [1.165, 1.54) is 11.1 Å². The smallest absolute Gasteiger partial charge is 0.239 e. The SMILES string of the molecule is C=Cc1ccc(C)c(-c2ccc3cc(NC(=O)CN(C)C)ncc3c2)c1. The molecular weight excluding hydrogens is 322 g/mol. The first-order valence-corrected chi connectivity index (χ1v) is 8.54. The number of hydrogen-bond donors (Lipinski definition) is 1. The number of fused-ring (bicyclic) bond motifs is 1. The Morgan fingerprint density at radius 3 is 2.69 bits per heavy atom. The van der Waals surface area contributed by atoms with E-state index in [2.05, 4.69) is 60.2 Å². The van der Waals surface area contributed by atoms with Crippen LogP contribution in [-0.4, -0.2) is 36.4 Å². The maximum absolute atomic E-state index is 11.9. The van der Waals surface area contributed by atoms with Crippen LogP contribution in [0.2, 0.25) is 0 Å². The van der Waals surface area contributed by atoms with E-state index < -0.39 is 0 Å². The minimum Gasteiger partial charge on any atom is -0.310 e. The van der Waals surface area contributed by atoms with Crippen molar-refractivity contribution in [1.82, 2.24) is 9.88 Å². The number of amides is 1. The molecule has 132 valence electrons. The van der Waals surface area contributed by atoms with E-state index in [1.807, 2.05) is 31.1 Å². The number of hydrogen-bond acceptors (Lipinski definition) is 3. The lowest BCUT2D eigenvalue weighted by atomic mass is 9.96. The van der Waals surface area contributed by atoms with Crippen molar-refractivity contribution in [2.24, 2.45) is 0 Å². The second kappa shape index (κ2) is 7.50. The average Bonchev–Trinajstić information content (AvgIpc) is 2.61. The van der Waals surface area contributed by atoms with Gasteiger partial charge >= 0.3 is 0 Å². The highest BCUT2D eigenvalue weighted by Gasteiger charge is 2.07. The van der Waals surface area contributed by atoms with Crippen molar-refractivity contribution >= 4 is 28.6 Å². The molecule has 1 heterocycles. The van der Waals surface area contributed by atoms with Crippen LogP contribution in [0.4, 0.5) is 5.82 Å². The molecule has 0 saturated heterocycles. The van der Waals surface area contributed by atoms with Crippen LogP contribution in [0.3, 0.4) is 0 Å². The van der Waals surface area contributed by atoms with Crippen molar-refractivity contribution in [3.63, 3.8) is 0 Å². The van der Waals surface area contributed by atoms with E-state index in [1.54, 1.807) is 6.20 Å². The third-order valence-electron chi connectivity index (χ3n) is 4.26. The molecule has 4 heteroatoms. The second-order valence-corrected chi connectivity index (χ2v) is 6.70. The van der Waals surface area contributed by atoms with E-state index in [9.17, 15) is 4.79 Å². The van der Waals surface area contributed by atoms with E-state index in [0.29, 0.717) is 12.4 Å². The molecule has 0 bridgehead atoms. The maximum Gasteiger partial charge on any atom is 0.239 e. The first-order valence-electron chi connectivity index (χ1n) is 8.54. The number of carbonyl (C=O) groups is 1. The van der Waals surface area contributed by atoms with Gasteiger partial charge in [0, 0.05) is 11.6 Å². The first kappa shape index (κ1) is 17.8. The molecule has 0 aliphatic carbocycles. The van der Waals surface area contributed by atoms with Crippen LogP contribution in [0.15, 0.2) is 55.2 Å². The normalized spacial score (nSPS) is 10.9. The third kappa shape index (κ3) is 3.98. The van der Waals surface area contributed by atoms with Crippen molar-refractivity contribution in [2.45, 2.75) is 6.92 Å². The zero-order chi connectivity index (χ0) is 18.7. The molecular formula is C22H23N3O. The summed E-state index contributed by atoms with van der Waals surface area (Å²) in [5.41, 5.74) is 4.65. The minimum atomic E-state index is -0.0738. The van der Waals surface area contributed by atoms with Crippen LogP contribution < -0.4 is 5.32 Å². The quantitative estimate of drug-likeness (QED) is 0.747. The fourth-order valence-corrected chi connectivity index (χ4v) is 2.92. The molecule has 2 aromatic carbocycles. The third-order valence-corrected chi connectivity index (χ3v) is 4.26. The molecule has 0 radical (unpaired) electrons. The van der Waals surface area contributed by atoms with Crippen LogP contribution in [-0.2, 0) is 4.79 Å². The lowest BCUT2D eigenvalue weighted by molar-refractivity contribution is -0.116. The van der Waals surface area contributed by atoms with E-state index in [-0.39, 0.29) is 5.91 Å². The molecule has 26 heavy (non-hydrogen) atoms. The number of rotatable bonds is 5. The van der Waals surface area contributed by atoms with Crippen LogP contribution in [0, 0.1) is 6.92 Å². The van der Waals surface area contributed by atoms with Crippen LogP contribution in [0.25, 0.3) is 28.0 Å². The van der Waals surface area contributed by atoms with Crippen molar-refractivity contribution in [2.75, 3.05) is 26.0 Å². The summed E-state index contributed by atoms with van der Waals surface area (Å²) in [6.45, 7) is 6.29. The Balaban J connectivity index is 1.92. The molecule has 0 saturated carbocycles. The number of benzene rings is 2. The summed E-state index contributed by atoms with van der Waals surface area (Å²) in [6, 6.07) is 14.5. The molecule has 0 aliphatic heterocycles. The molecule has 0 aliphatic rings. The molecule has 0 spiro atoms. The molecule has 1 N–H and O–H groups in total. The number of nitrogens with one attached hydrogen (secondary N) is 1. The fraction of sp³-hybridized carbons (Fsp3) is 0.182. The Bertz CT molecular complexity index is 976. The highest BCUT2D eigenvalue weighted by atomic mass is 16.2. The Hall–Kier alpha value is -2.98. The van der Waals surface area contributed by atoms with E-state index in [4.69, 9.17) is 0 Å². The monoisotopic (exact) mass is 345 g/mol. The van der Waals surface area contributed by atoms with E-state index in [0.717, 1.165) is 21.9 Å². The summed E-state index contributed by atoms with van der Waals surface area (Å²) in [5, 5.41) is 4.91. The summed E-state index contributed by atoms with van der Waals surface area (Å²) >= 11 is 0. The topological polar surface area (TPSA) is 45.2 Å². The fourth-order valence-electron chi connectivity index (χ4n) is 2.92. The van der Waals surface area contributed by atoms with Gasteiger partial charge < -0.3 is 10.2 Å². The number of likely N-dealkylation sites (N-methyl/N-ethyl adjacent to an activating group) is 1. The summed E-state index contributed by atoms with van der Waals surface area (Å²) in [6.07, 6.45) is 3.66. The number of carbonyl (C=O) groups excluding carboxylic acids is 1. The van der Waals surface area contributed by atoms with Crippen LogP contribution in [0.5, 0.6) is 0 Å². The molecule has 3 aromatic rings. The summed E-state index contributed by atoms with van der Waals surface area (Å²) < 4.78 is 0. The van der Waals surface area contributed by atoms with Gasteiger partial charge in [-0.2, -0.15) is 0 Å². The second-order valence-electron chi connectivity index (χ2n) is 6.70. The number of anilines is 1. The average molecular weight is 345 g/mol. The van der Waals surface area contributed by atoms with Crippen molar-refractivity contribution in [3.05, 3.63) is 66.4 Å². The predicted molar refractivity (Wildman–Crippen MR) is 109 cm³/mol. The largest absolute Gasteiger partial charge is 0.310 e. The van der Waals surface area contributed by atoms with Gasteiger partial charge in [0.15, 0.2) is 0 Å². The number of aromatic nitrogens is 1. The Morgan fingerprint density at radius 2 is 1.96 bits per heavy atom. The minimum absolute atomic E-state index is 0.0738. The number of aryl methyl sites for hydroxylation is 1. The zero-order valence-corrected chi connectivity index (χ0v) is 15.4. The molecule has 4 nitrogen and oxygen atoms in total. The molecule has 0 fully saturated rings. The first-order chi connectivity index (χ1) is 12.5. The van der Waals surface area contributed by atoms with Gasteiger partial charge in [-0.1, -0.05) is 36.9 Å². The van der Waals surface area contributed by atoms with Gasteiger partial charge in [0.2, 0.25) is 5.91 Å². The lowest BCUT2D eigenvalue weighted by Gasteiger charge is -2.11. The van der Waals surface area contributed by atoms with Gasteiger partial charge in [0.1, 0.15) is 5.82 Å².